The number of aromatic nitrogens is 2. The predicted molar refractivity (Wildman–Crippen MR) is 86.9 cm³/mol. The van der Waals surface area contributed by atoms with Gasteiger partial charge in [0.1, 0.15) is 0 Å². The summed E-state index contributed by atoms with van der Waals surface area (Å²) in [5.74, 6) is 0. The summed E-state index contributed by atoms with van der Waals surface area (Å²) in [6.45, 7) is 8.31. The van der Waals surface area contributed by atoms with E-state index in [9.17, 15) is 0 Å². The monoisotopic (exact) mass is 335 g/mol. The third-order valence-corrected chi connectivity index (χ3v) is 4.07. The molecule has 0 aliphatic rings. The highest BCUT2D eigenvalue weighted by Gasteiger charge is 2.19. The van der Waals surface area contributed by atoms with Crippen LogP contribution in [0.3, 0.4) is 0 Å². The van der Waals surface area contributed by atoms with E-state index in [1.807, 2.05) is 6.20 Å². The van der Waals surface area contributed by atoms with Crippen molar-refractivity contribution in [3.63, 3.8) is 0 Å². The summed E-state index contributed by atoms with van der Waals surface area (Å²) in [6, 6.07) is 8.76. The van der Waals surface area contributed by atoms with Gasteiger partial charge in [0.15, 0.2) is 0 Å². The summed E-state index contributed by atoms with van der Waals surface area (Å²) >= 11 is 3.68. The Labute approximate surface area is 129 Å². The second kappa shape index (κ2) is 7.04. The molecule has 108 valence electrons. The standard InChI is InChI=1S/C16H22BrN3/c1-4-10-20-15(8-9-19-20)16(18-5-2)13-11-12(3)6-7-14(13)17/h6-9,11,16,18H,4-5,10H2,1-3H3. The van der Waals surface area contributed by atoms with Crippen molar-refractivity contribution in [2.45, 2.75) is 39.8 Å². The highest BCUT2D eigenvalue weighted by molar-refractivity contribution is 9.10. The van der Waals surface area contributed by atoms with Crippen molar-refractivity contribution in [1.29, 1.82) is 0 Å². The summed E-state index contributed by atoms with van der Waals surface area (Å²) in [5, 5.41) is 8.03. The van der Waals surface area contributed by atoms with Gasteiger partial charge in [0.2, 0.25) is 0 Å². The minimum atomic E-state index is 0.170. The van der Waals surface area contributed by atoms with E-state index in [1.54, 1.807) is 0 Å². The number of hydrogen-bond acceptors (Lipinski definition) is 2. The average Bonchev–Trinajstić information content (AvgIpc) is 2.88. The summed E-state index contributed by atoms with van der Waals surface area (Å²) in [7, 11) is 0. The Balaban J connectivity index is 2.44. The maximum Gasteiger partial charge on any atom is 0.0759 e. The Morgan fingerprint density at radius 3 is 2.80 bits per heavy atom. The quantitative estimate of drug-likeness (QED) is 0.862. The van der Waals surface area contributed by atoms with E-state index in [-0.39, 0.29) is 6.04 Å². The first-order valence-electron chi connectivity index (χ1n) is 7.18. The zero-order chi connectivity index (χ0) is 14.5. The molecular formula is C16H22BrN3. The van der Waals surface area contributed by atoms with Crippen LogP contribution in [0, 0.1) is 6.92 Å². The summed E-state index contributed by atoms with van der Waals surface area (Å²) < 4.78 is 3.24. The normalized spacial score (nSPS) is 12.6. The van der Waals surface area contributed by atoms with Crippen molar-refractivity contribution in [2.24, 2.45) is 0 Å². The molecule has 2 rings (SSSR count). The molecule has 0 saturated heterocycles. The van der Waals surface area contributed by atoms with Crippen molar-refractivity contribution in [3.8, 4) is 0 Å². The first kappa shape index (κ1) is 15.3. The van der Waals surface area contributed by atoms with Gasteiger partial charge < -0.3 is 5.32 Å². The van der Waals surface area contributed by atoms with Crippen molar-refractivity contribution in [1.82, 2.24) is 15.1 Å². The largest absolute Gasteiger partial charge is 0.305 e. The van der Waals surface area contributed by atoms with E-state index in [1.165, 1.54) is 16.8 Å². The van der Waals surface area contributed by atoms with Crippen LogP contribution in [0.2, 0.25) is 0 Å². The summed E-state index contributed by atoms with van der Waals surface area (Å²) in [4.78, 5) is 0. The van der Waals surface area contributed by atoms with Crippen molar-refractivity contribution < 1.29 is 0 Å². The van der Waals surface area contributed by atoms with Gasteiger partial charge in [-0.3, -0.25) is 4.68 Å². The van der Waals surface area contributed by atoms with Crippen molar-refractivity contribution >= 4 is 15.9 Å². The number of aryl methyl sites for hydroxylation is 2. The number of nitrogens with zero attached hydrogens (tertiary/aromatic N) is 2. The van der Waals surface area contributed by atoms with Gasteiger partial charge in [-0.2, -0.15) is 5.10 Å². The molecule has 0 radical (unpaired) electrons. The van der Waals surface area contributed by atoms with Crippen LogP contribution in [0.25, 0.3) is 0 Å². The Hall–Kier alpha value is -1.13. The molecule has 1 unspecified atom stereocenters. The van der Waals surface area contributed by atoms with E-state index in [0.717, 1.165) is 24.0 Å². The van der Waals surface area contributed by atoms with Gasteiger partial charge in [0, 0.05) is 17.2 Å². The zero-order valence-corrected chi connectivity index (χ0v) is 13.9. The fourth-order valence-corrected chi connectivity index (χ4v) is 2.92. The minimum absolute atomic E-state index is 0.170. The molecule has 1 heterocycles. The van der Waals surface area contributed by atoms with Crippen LogP contribution >= 0.6 is 15.9 Å². The van der Waals surface area contributed by atoms with Crippen molar-refractivity contribution in [2.75, 3.05) is 6.54 Å². The van der Waals surface area contributed by atoms with Crippen molar-refractivity contribution in [3.05, 3.63) is 51.8 Å². The molecule has 1 aromatic heterocycles. The molecule has 1 atom stereocenters. The summed E-state index contributed by atoms with van der Waals surface area (Å²) in [6.07, 6.45) is 2.97. The van der Waals surface area contributed by atoms with Gasteiger partial charge >= 0.3 is 0 Å². The maximum absolute atomic E-state index is 4.45. The third-order valence-electron chi connectivity index (χ3n) is 3.35. The third kappa shape index (κ3) is 3.30. The van der Waals surface area contributed by atoms with Gasteiger partial charge in [0.05, 0.1) is 11.7 Å². The second-order valence-corrected chi connectivity index (χ2v) is 5.85. The van der Waals surface area contributed by atoms with Crippen LogP contribution in [-0.2, 0) is 6.54 Å². The molecule has 0 aliphatic carbocycles. The number of nitrogens with one attached hydrogen (secondary N) is 1. The zero-order valence-electron chi connectivity index (χ0n) is 12.4. The number of halogens is 1. The molecule has 0 spiro atoms. The molecule has 2 aromatic rings. The Kier molecular flexibility index (Phi) is 5.38. The molecule has 0 aliphatic heterocycles. The van der Waals surface area contributed by atoms with E-state index in [2.05, 4.69) is 76.1 Å². The van der Waals surface area contributed by atoms with Crippen LogP contribution in [-0.4, -0.2) is 16.3 Å². The first-order chi connectivity index (χ1) is 9.67. The van der Waals surface area contributed by atoms with Gasteiger partial charge in [-0.25, -0.2) is 0 Å². The molecule has 0 amide bonds. The summed E-state index contributed by atoms with van der Waals surface area (Å²) in [5.41, 5.74) is 3.76. The van der Waals surface area contributed by atoms with Crippen LogP contribution in [0.15, 0.2) is 34.9 Å². The lowest BCUT2D eigenvalue weighted by Gasteiger charge is -2.21. The van der Waals surface area contributed by atoms with Crippen LogP contribution in [0.4, 0.5) is 0 Å². The van der Waals surface area contributed by atoms with Gasteiger partial charge in [-0.05, 0) is 37.6 Å². The van der Waals surface area contributed by atoms with Crippen LogP contribution < -0.4 is 5.32 Å². The van der Waals surface area contributed by atoms with E-state index in [0.29, 0.717) is 0 Å². The SMILES string of the molecule is CCCn1nccc1C(NCC)c1cc(C)ccc1Br. The smallest absolute Gasteiger partial charge is 0.0759 e. The molecule has 3 nitrogen and oxygen atoms in total. The average molecular weight is 336 g/mol. The molecule has 0 saturated carbocycles. The molecule has 1 aromatic carbocycles. The molecule has 1 N–H and O–H groups in total. The highest BCUT2D eigenvalue weighted by Crippen LogP contribution is 2.29. The Morgan fingerprint density at radius 2 is 2.10 bits per heavy atom. The second-order valence-electron chi connectivity index (χ2n) is 4.99. The fourth-order valence-electron chi connectivity index (χ4n) is 2.45. The lowest BCUT2D eigenvalue weighted by atomic mass is 10.0. The lowest BCUT2D eigenvalue weighted by Crippen LogP contribution is -2.25. The molecule has 4 heteroatoms. The molecular weight excluding hydrogens is 314 g/mol. The van der Waals surface area contributed by atoms with Gasteiger partial charge in [0.25, 0.3) is 0 Å². The Bertz CT molecular complexity index is 563. The Morgan fingerprint density at radius 1 is 1.30 bits per heavy atom. The number of rotatable bonds is 6. The molecule has 20 heavy (non-hydrogen) atoms. The number of benzene rings is 1. The van der Waals surface area contributed by atoms with E-state index in [4.69, 9.17) is 0 Å². The molecule has 0 fully saturated rings. The van der Waals surface area contributed by atoms with Gasteiger partial charge in [-0.1, -0.05) is 47.5 Å². The topological polar surface area (TPSA) is 29.9 Å². The highest BCUT2D eigenvalue weighted by atomic mass is 79.9. The van der Waals surface area contributed by atoms with E-state index >= 15 is 0 Å². The fraction of sp³-hybridized carbons (Fsp3) is 0.438. The predicted octanol–water partition coefficient (Wildman–Crippen LogP) is 4.06. The first-order valence-corrected chi connectivity index (χ1v) is 7.97. The van der Waals surface area contributed by atoms with Gasteiger partial charge in [-0.15, -0.1) is 0 Å². The minimum Gasteiger partial charge on any atom is -0.305 e. The van der Waals surface area contributed by atoms with Crippen LogP contribution in [0.1, 0.15) is 43.1 Å². The lowest BCUT2D eigenvalue weighted by molar-refractivity contribution is 0.519. The maximum atomic E-state index is 4.45. The van der Waals surface area contributed by atoms with E-state index < -0.39 is 0 Å². The van der Waals surface area contributed by atoms with Crippen LogP contribution in [0.5, 0.6) is 0 Å². The molecule has 0 bridgehead atoms. The number of hydrogen-bond donors (Lipinski definition) is 1.